The molecule has 0 spiro atoms. The van der Waals surface area contributed by atoms with Crippen LogP contribution in [0, 0.1) is 11.8 Å². The van der Waals surface area contributed by atoms with E-state index in [0.29, 0.717) is 34.8 Å². The molecule has 1 unspecified atom stereocenters. The Morgan fingerprint density at radius 1 is 1.42 bits per heavy atom. The molecule has 0 saturated carbocycles. The van der Waals surface area contributed by atoms with Gasteiger partial charge in [0.15, 0.2) is 5.13 Å². The van der Waals surface area contributed by atoms with E-state index < -0.39 is 5.97 Å². The molecule has 2 aromatic rings. The second kappa shape index (κ2) is 8.46. The molecule has 2 aromatic heterocycles. The number of aromatic amines is 1. The molecule has 0 radical (unpaired) electrons. The first kappa shape index (κ1) is 18.6. The first-order valence-electron chi connectivity index (χ1n) is 8.80. The molecule has 0 aromatic carbocycles. The molecule has 1 amide bonds. The Morgan fingerprint density at radius 3 is 2.92 bits per heavy atom. The lowest BCUT2D eigenvalue weighted by Gasteiger charge is -2.27. The summed E-state index contributed by atoms with van der Waals surface area (Å²) in [5.41, 5.74) is 1.87. The molecule has 26 heavy (non-hydrogen) atoms. The number of piperidine rings is 1. The van der Waals surface area contributed by atoms with Crippen molar-refractivity contribution in [3.05, 3.63) is 23.3 Å². The highest BCUT2D eigenvalue weighted by atomic mass is 32.1. The van der Waals surface area contributed by atoms with Gasteiger partial charge in [0.2, 0.25) is 5.91 Å². The molecule has 1 saturated heterocycles. The maximum absolute atomic E-state index is 12.3. The molecule has 1 aliphatic heterocycles. The first-order valence-corrected chi connectivity index (χ1v) is 9.68. The molecule has 0 bridgehead atoms. The van der Waals surface area contributed by atoms with E-state index in [-0.39, 0.29) is 5.91 Å². The highest BCUT2D eigenvalue weighted by Gasteiger charge is 2.22. The summed E-state index contributed by atoms with van der Waals surface area (Å²) in [7, 11) is 1.34. The van der Waals surface area contributed by atoms with E-state index in [0.717, 1.165) is 31.5 Å². The van der Waals surface area contributed by atoms with Gasteiger partial charge < -0.3 is 20.4 Å². The SMILES string of the molecule is COC(=O)c1cc(-c2csc(NC(=O)CC(C)C3CCNCC3)n2)c[nH]1. The number of anilines is 1. The number of aromatic nitrogens is 2. The van der Waals surface area contributed by atoms with Crippen LogP contribution in [0.3, 0.4) is 0 Å². The second-order valence-corrected chi connectivity index (χ2v) is 7.51. The van der Waals surface area contributed by atoms with Crippen LogP contribution in [0.15, 0.2) is 17.6 Å². The molecule has 7 nitrogen and oxygen atoms in total. The second-order valence-electron chi connectivity index (χ2n) is 6.65. The lowest BCUT2D eigenvalue weighted by molar-refractivity contribution is -0.117. The predicted octanol–water partition coefficient (Wildman–Crippen LogP) is 2.89. The third-order valence-electron chi connectivity index (χ3n) is 4.83. The normalized spacial score (nSPS) is 16.2. The van der Waals surface area contributed by atoms with Gasteiger partial charge in [0.25, 0.3) is 0 Å². The van der Waals surface area contributed by atoms with E-state index in [9.17, 15) is 9.59 Å². The number of hydrogen-bond donors (Lipinski definition) is 3. The highest BCUT2D eigenvalue weighted by molar-refractivity contribution is 7.14. The number of carbonyl (C=O) groups excluding carboxylic acids is 2. The fraction of sp³-hybridized carbons (Fsp3) is 0.500. The van der Waals surface area contributed by atoms with Gasteiger partial charge in [-0.1, -0.05) is 6.92 Å². The molecule has 3 rings (SSSR count). The minimum absolute atomic E-state index is 0.00116. The molecule has 0 aliphatic carbocycles. The molecule has 1 fully saturated rings. The summed E-state index contributed by atoms with van der Waals surface area (Å²) >= 11 is 1.38. The smallest absolute Gasteiger partial charge is 0.354 e. The maximum Gasteiger partial charge on any atom is 0.354 e. The van der Waals surface area contributed by atoms with Crippen molar-refractivity contribution >= 4 is 28.3 Å². The topological polar surface area (TPSA) is 96.1 Å². The molecule has 3 N–H and O–H groups in total. The van der Waals surface area contributed by atoms with Crippen LogP contribution in [0.25, 0.3) is 11.3 Å². The Hall–Kier alpha value is -2.19. The van der Waals surface area contributed by atoms with Crippen molar-refractivity contribution in [2.24, 2.45) is 11.8 Å². The van der Waals surface area contributed by atoms with E-state index in [1.807, 2.05) is 5.38 Å². The summed E-state index contributed by atoms with van der Waals surface area (Å²) in [5.74, 6) is 0.544. The average Bonchev–Trinajstić information content (AvgIpc) is 3.31. The quantitative estimate of drug-likeness (QED) is 0.674. The predicted molar refractivity (Wildman–Crippen MR) is 101 cm³/mol. The zero-order chi connectivity index (χ0) is 18.5. The van der Waals surface area contributed by atoms with Crippen molar-refractivity contribution in [1.29, 1.82) is 0 Å². The summed E-state index contributed by atoms with van der Waals surface area (Å²) < 4.78 is 4.68. The fourth-order valence-electron chi connectivity index (χ4n) is 3.28. The number of ether oxygens (including phenoxy) is 1. The van der Waals surface area contributed by atoms with Gasteiger partial charge in [-0.15, -0.1) is 11.3 Å². The Labute approximate surface area is 156 Å². The average molecular weight is 376 g/mol. The van der Waals surface area contributed by atoms with Gasteiger partial charge >= 0.3 is 5.97 Å². The maximum atomic E-state index is 12.3. The van der Waals surface area contributed by atoms with Crippen molar-refractivity contribution in [3.8, 4) is 11.3 Å². The van der Waals surface area contributed by atoms with Crippen LogP contribution in [-0.4, -0.2) is 42.0 Å². The van der Waals surface area contributed by atoms with E-state index in [4.69, 9.17) is 0 Å². The van der Waals surface area contributed by atoms with E-state index in [1.165, 1.54) is 18.4 Å². The fourth-order valence-corrected chi connectivity index (χ4v) is 4.01. The van der Waals surface area contributed by atoms with Crippen LogP contribution in [-0.2, 0) is 9.53 Å². The molecule has 1 aliphatic rings. The van der Waals surface area contributed by atoms with Gasteiger partial charge in [0, 0.05) is 23.6 Å². The Balaban J connectivity index is 1.56. The van der Waals surface area contributed by atoms with Gasteiger partial charge in [0.05, 0.1) is 12.8 Å². The third kappa shape index (κ3) is 4.50. The molecule has 1 atom stereocenters. The zero-order valence-electron chi connectivity index (χ0n) is 15.0. The minimum atomic E-state index is -0.424. The third-order valence-corrected chi connectivity index (χ3v) is 5.59. The molecular weight excluding hydrogens is 352 g/mol. The van der Waals surface area contributed by atoms with Gasteiger partial charge in [-0.05, 0) is 43.8 Å². The zero-order valence-corrected chi connectivity index (χ0v) is 15.8. The van der Waals surface area contributed by atoms with E-state index >= 15 is 0 Å². The van der Waals surface area contributed by atoms with Crippen molar-refractivity contribution in [2.45, 2.75) is 26.2 Å². The van der Waals surface area contributed by atoms with Gasteiger partial charge in [-0.25, -0.2) is 9.78 Å². The lowest BCUT2D eigenvalue weighted by atomic mass is 9.84. The first-order chi connectivity index (χ1) is 12.6. The number of H-pyrrole nitrogens is 1. The van der Waals surface area contributed by atoms with Crippen LogP contribution >= 0.6 is 11.3 Å². The Morgan fingerprint density at radius 2 is 2.19 bits per heavy atom. The Bertz CT molecular complexity index is 764. The van der Waals surface area contributed by atoms with E-state index in [2.05, 4.69) is 32.3 Å². The molecular formula is C18H24N4O3S. The summed E-state index contributed by atoms with van der Waals surface area (Å²) in [6, 6.07) is 1.69. The van der Waals surface area contributed by atoms with Crippen molar-refractivity contribution in [2.75, 3.05) is 25.5 Å². The summed E-state index contributed by atoms with van der Waals surface area (Å²) in [5, 5.41) is 8.68. The number of esters is 1. The molecule has 140 valence electrons. The highest BCUT2D eigenvalue weighted by Crippen LogP contribution is 2.27. The van der Waals surface area contributed by atoms with Gasteiger partial charge in [-0.2, -0.15) is 0 Å². The monoisotopic (exact) mass is 376 g/mol. The summed E-state index contributed by atoms with van der Waals surface area (Å²) in [6.45, 7) is 4.23. The number of nitrogens with zero attached hydrogens (tertiary/aromatic N) is 1. The van der Waals surface area contributed by atoms with Crippen LogP contribution in [0.1, 0.15) is 36.7 Å². The van der Waals surface area contributed by atoms with Crippen LogP contribution in [0.5, 0.6) is 0 Å². The lowest BCUT2D eigenvalue weighted by Crippen LogP contribution is -2.32. The minimum Gasteiger partial charge on any atom is -0.464 e. The number of amides is 1. The molecule has 8 heteroatoms. The van der Waals surface area contributed by atoms with Crippen molar-refractivity contribution in [3.63, 3.8) is 0 Å². The largest absolute Gasteiger partial charge is 0.464 e. The number of carbonyl (C=O) groups is 2. The summed E-state index contributed by atoms with van der Waals surface area (Å²) in [6.07, 6.45) is 4.47. The van der Waals surface area contributed by atoms with Gasteiger partial charge in [0.1, 0.15) is 5.69 Å². The van der Waals surface area contributed by atoms with Crippen LogP contribution in [0.4, 0.5) is 5.13 Å². The van der Waals surface area contributed by atoms with Crippen molar-refractivity contribution in [1.82, 2.24) is 15.3 Å². The Kier molecular flexibility index (Phi) is 6.05. The van der Waals surface area contributed by atoms with E-state index in [1.54, 1.807) is 12.3 Å². The number of nitrogens with one attached hydrogen (secondary N) is 3. The number of methoxy groups -OCH3 is 1. The number of hydrogen-bond acceptors (Lipinski definition) is 6. The standard InChI is InChI=1S/C18H24N4O3S/c1-11(12-3-5-19-6-4-12)7-16(23)22-18-21-15(10-26-18)13-8-14(20-9-13)17(24)25-2/h8-12,19-20H,3-7H2,1-2H3,(H,21,22,23). The van der Waals surface area contributed by atoms with Gasteiger partial charge in [-0.3, -0.25) is 4.79 Å². The van der Waals surface area contributed by atoms with Crippen LogP contribution in [0.2, 0.25) is 0 Å². The summed E-state index contributed by atoms with van der Waals surface area (Å²) in [4.78, 5) is 31.1. The van der Waals surface area contributed by atoms with Crippen LogP contribution < -0.4 is 10.6 Å². The van der Waals surface area contributed by atoms with Crippen molar-refractivity contribution < 1.29 is 14.3 Å². The number of thiazole rings is 1. The number of rotatable bonds is 6. The molecule has 3 heterocycles.